The number of carbonyl (C=O) groups excluding carboxylic acids is 1. The van der Waals surface area contributed by atoms with E-state index in [1.165, 1.54) is 6.08 Å². The number of nitrogens with zero attached hydrogens (tertiary/aromatic N) is 2. The zero-order chi connectivity index (χ0) is 21.2. The van der Waals surface area contributed by atoms with Gasteiger partial charge in [0.25, 0.3) is 0 Å². The normalized spacial score (nSPS) is 14.0. The summed E-state index contributed by atoms with van der Waals surface area (Å²) in [5.74, 6) is 2.11. The third-order valence-electron chi connectivity index (χ3n) is 4.69. The topological polar surface area (TPSA) is 72.9 Å². The molecule has 0 aliphatic carbocycles. The van der Waals surface area contributed by atoms with Gasteiger partial charge in [0.2, 0.25) is 5.91 Å². The second kappa shape index (κ2) is 11.2. The highest BCUT2D eigenvalue weighted by molar-refractivity contribution is 5.91. The Kier molecular flexibility index (Phi) is 8.09. The molecule has 160 valence electrons. The van der Waals surface area contributed by atoms with E-state index in [2.05, 4.69) is 22.1 Å². The molecule has 30 heavy (non-hydrogen) atoms. The van der Waals surface area contributed by atoms with Gasteiger partial charge in [-0.05, 0) is 47.9 Å². The van der Waals surface area contributed by atoms with Crippen molar-refractivity contribution in [3.63, 3.8) is 0 Å². The lowest BCUT2D eigenvalue weighted by Gasteiger charge is -2.28. The van der Waals surface area contributed by atoms with Crippen molar-refractivity contribution in [1.82, 2.24) is 10.3 Å². The zero-order valence-corrected chi connectivity index (χ0v) is 17.6. The molecule has 2 heterocycles. The second-order valence-electron chi connectivity index (χ2n) is 6.93. The van der Waals surface area contributed by atoms with Crippen LogP contribution in [-0.4, -0.2) is 50.9 Å². The summed E-state index contributed by atoms with van der Waals surface area (Å²) in [4.78, 5) is 18.9. The van der Waals surface area contributed by atoms with E-state index in [0.29, 0.717) is 37.9 Å². The Bertz CT molecular complexity index is 863. The van der Waals surface area contributed by atoms with Crippen LogP contribution in [-0.2, 0) is 16.1 Å². The fraction of sp³-hybridized carbons (Fsp3) is 0.391. The fourth-order valence-electron chi connectivity index (χ4n) is 3.08. The number of hydrogen-bond acceptors (Lipinski definition) is 6. The average molecular weight is 412 g/mol. The van der Waals surface area contributed by atoms with Crippen LogP contribution in [0, 0.1) is 0 Å². The summed E-state index contributed by atoms with van der Waals surface area (Å²) in [5, 5.41) is 2.91. The first-order valence-corrected chi connectivity index (χ1v) is 10.2. The third-order valence-corrected chi connectivity index (χ3v) is 4.69. The second-order valence-corrected chi connectivity index (χ2v) is 6.93. The molecule has 7 nitrogen and oxygen atoms in total. The van der Waals surface area contributed by atoms with Crippen molar-refractivity contribution >= 4 is 17.8 Å². The Balaban J connectivity index is 1.55. The molecule has 0 radical (unpaired) electrons. The number of pyridine rings is 1. The van der Waals surface area contributed by atoms with E-state index in [9.17, 15) is 4.79 Å². The molecule has 2 aromatic rings. The van der Waals surface area contributed by atoms with Crippen molar-refractivity contribution in [2.24, 2.45) is 0 Å². The van der Waals surface area contributed by atoms with Gasteiger partial charge in [0.1, 0.15) is 5.82 Å². The number of ether oxygens (including phenoxy) is 3. The van der Waals surface area contributed by atoms with Crippen LogP contribution in [0.4, 0.5) is 5.82 Å². The number of aromatic nitrogens is 1. The fourth-order valence-corrected chi connectivity index (χ4v) is 3.08. The van der Waals surface area contributed by atoms with Crippen LogP contribution in [0.3, 0.4) is 0 Å². The smallest absolute Gasteiger partial charge is 0.244 e. The highest BCUT2D eigenvalue weighted by atomic mass is 16.5. The molecular formula is C23H29N3O4. The molecule has 1 aromatic carbocycles. The van der Waals surface area contributed by atoms with Gasteiger partial charge >= 0.3 is 0 Å². The van der Waals surface area contributed by atoms with E-state index in [-0.39, 0.29) is 5.91 Å². The number of benzene rings is 1. The summed E-state index contributed by atoms with van der Waals surface area (Å²) in [7, 11) is 1.61. The standard InChI is InChI=1S/C23H29N3O4/c1-3-12-30-20-6-4-18(15-21(20)28-2)5-7-23(27)25-17-19-8-9-24-22(16-19)26-10-13-29-14-11-26/h4-9,15-16H,3,10-14,17H2,1-2H3,(H,25,27)/b7-5+. The number of nitrogens with one attached hydrogen (secondary N) is 1. The minimum absolute atomic E-state index is 0.162. The lowest BCUT2D eigenvalue weighted by molar-refractivity contribution is -0.116. The van der Waals surface area contributed by atoms with Crippen molar-refractivity contribution in [3.8, 4) is 11.5 Å². The number of hydrogen-bond donors (Lipinski definition) is 1. The van der Waals surface area contributed by atoms with Crippen molar-refractivity contribution in [2.45, 2.75) is 19.9 Å². The van der Waals surface area contributed by atoms with Crippen molar-refractivity contribution in [1.29, 1.82) is 0 Å². The summed E-state index contributed by atoms with van der Waals surface area (Å²) in [6.07, 6.45) is 5.98. The number of methoxy groups -OCH3 is 1. The van der Waals surface area contributed by atoms with E-state index >= 15 is 0 Å². The van der Waals surface area contributed by atoms with Gasteiger partial charge in [0, 0.05) is 31.9 Å². The quantitative estimate of drug-likeness (QED) is 0.640. The van der Waals surface area contributed by atoms with Crippen LogP contribution in [0.2, 0.25) is 0 Å². The molecule has 1 aliphatic rings. The van der Waals surface area contributed by atoms with Gasteiger partial charge in [0.15, 0.2) is 11.5 Å². The maximum atomic E-state index is 12.2. The predicted molar refractivity (Wildman–Crippen MR) is 117 cm³/mol. The summed E-state index contributed by atoms with van der Waals surface area (Å²) in [6, 6.07) is 9.53. The molecule has 0 spiro atoms. The minimum Gasteiger partial charge on any atom is -0.493 e. The molecule has 1 aromatic heterocycles. The van der Waals surface area contributed by atoms with Crippen molar-refractivity contribution in [2.75, 3.05) is 44.9 Å². The van der Waals surface area contributed by atoms with E-state index in [4.69, 9.17) is 14.2 Å². The SMILES string of the molecule is CCCOc1ccc(/C=C/C(=O)NCc2ccnc(N3CCOCC3)c2)cc1OC. The minimum atomic E-state index is -0.162. The van der Waals surface area contributed by atoms with Gasteiger partial charge in [-0.1, -0.05) is 13.0 Å². The molecule has 1 amide bonds. The Morgan fingerprint density at radius 1 is 1.23 bits per heavy atom. The number of rotatable bonds is 9. The Hall–Kier alpha value is -3.06. The summed E-state index contributed by atoms with van der Waals surface area (Å²) < 4.78 is 16.4. The summed E-state index contributed by atoms with van der Waals surface area (Å²) in [5.41, 5.74) is 1.87. The van der Waals surface area contributed by atoms with Crippen LogP contribution < -0.4 is 19.7 Å². The largest absolute Gasteiger partial charge is 0.493 e. The van der Waals surface area contributed by atoms with E-state index in [0.717, 1.165) is 36.5 Å². The van der Waals surface area contributed by atoms with Gasteiger partial charge in [-0.2, -0.15) is 0 Å². The lowest BCUT2D eigenvalue weighted by atomic mass is 10.2. The van der Waals surface area contributed by atoms with Gasteiger partial charge < -0.3 is 24.4 Å². The van der Waals surface area contributed by atoms with E-state index < -0.39 is 0 Å². The van der Waals surface area contributed by atoms with Crippen LogP contribution >= 0.6 is 0 Å². The summed E-state index contributed by atoms with van der Waals surface area (Å²) >= 11 is 0. The first-order chi connectivity index (χ1) is 14.7. The molecule has 1 N–H and O–H groups in total. The number of carbonyl (C=O) groups is 1. The Labute approximate surface area is 177 Å². The van der Waals surface area contributed by atoms with Gasteiger partial charge in [0.05, 0.1) is 26.9 Å². The molecule has 7 heteroatoms. The molecule has 0 saturated carbocycles. The maximum absolute atomic E-state index is 12.2. The molecule has 1 aliphatic heterocycles. The van der Waals surface area contributed by atoms with Gasteiger partial charge in [-0.3, -0.25) is 4.79 Å². The molecule has 1 fully saturated rings. The molecule has 3 rings (SSSR count). The zero-order valence-electron chi connectivity index (χ0n) is 17.6. The molecule has 0 atom stereocenters. The predicted octanol–water partition coefficient (Wildman–Crippen LogP) is 3.05. The number of anilines is 1. The van der Waals surface area contributed by atoms with Crippen molar-refractivity contribution in [3.05, 3.63) is 53.7 Å². The maximum Gasteiger partial charge on any atom is 0.244 e. The first-order valence-electron chi connectivity index (χ1n) is 10.2. The molecular weight excluding hydrogens is 382 g/mol. The number of morpholine rings is 1. The van der Waals surface area contributed by atoms with Crippen LogP contribution in [0.5, 0.6) is 11.5 Å². The Morgan fingerprint density at radius 2 is 2.07 bits per heavy atom. The highest BCUT2D eigenvalue weighted by Gasteiger charge is 2.12. The number of amides is 1. The highest BCUT2D eigenvalue weighted by Crippen LogP contribution is 2.28. The van der Waals surface area contributed by atoms with E-state index in [1.54, 1.807) is 19.4 Å². The lowest BCUT2D eigenvalue weighted by Crippen LogP contribution is -2.36. The summed E-state index contributed by atoms with van der Waals surface area (Å²) in [6.45, 7) is 6.21. The van der Waals surface area contributed by atoms with Crippen LogP contribution in [0.25, 0.3) is 6.08 Å². The van der Waals surface area contributed by atoms with E-state index in [1.807, 2.05) is 30.3 Å². The average Bonchev–Trinajstić information content (AvgIpc) is 2.81. The van der Waals surface area contributed by atoms with Gasteiger partial charge in [-0.25, -0.2) is 4.98 Å². The molecule has 1 saturated heterocycles. The van der Waals surface area contributed by atoms with Crippen LogP contribution in [0.15, 0.2) is 42.6 Å². The van der Waals surface area contributed by atoms with Gasteiger partial charge in [-0.15, -0.1) is 0 Å². The first kappa shape index (κ1) is 21.6. The monoisotopic (exact) mass is 411 g/mol. The molecule has 0 unspecified atom stereocenters. The Morgan fingerprint density at radius 3 is 2.83 bits per heavy atom. The van der Waals surface area contributed by atoms with Crippen molar-refractivity contribution < 1.29 is 19.0 Å². The van der Waals surface area contributed by atoms with Crippen LogP contribution in [0.1, 0.15) is 24.5 Å². The molecule has 0 bridgehead atoms. The third kappa shape index (κ3) is 6.22.